The van der Waals surface area contributed by atoms with Crippen LogP contribution in [0, 0.1) is 0 Å². The molecule has 0 amide bonds. The average Bonchev–Trinajstić information content (AvgIpc) is 2.48. The van der Waals surface area contributed by atoms with Crippen molar-refractivity contribution in [1.29, 1.82) is 0 Å². The molecule has 0 bridgehead atoms. The van der Waals surface area contributed by atoms with Gasteiger partial charge in [0.25, 0.3) is 0 Å². The summed E-state index contributed by atoms with van der Waals surface area (Å²) >= 11 is 1.43. The van der Waals surface area contributed by atoms with Crippen LogP contribution in [0.15, 0.2) is 65.6 Å². The summed E-state index contributed by atoms with van der Waals surface area (Å²) < 4.78 is 5.38. The van der Waals surface area contributed by atoms with E-state index in [-0.39, 0.29) is 5.57 Å². The first kappa shape index (κ1) is 19.0. The van der Waals surface area contributed by atoms with E-state index >= 15 is 0 Å². The lowest BCUT2D eigenvalue weighted by Crippen LogP contribution is -2.00. The zero-order chi connectivity index (χ0) is 16.3. The normalized spacial score (nSPS) is 13.9. The third kappa shape index (κ3) is 6.81. The highest BCUT2D eigenvalue weighted by Gasteiger charge is 2.05. The van der Waals surface area contributed by atoms with Gasteiger partial charge >= 0.3 is 5.97 Å². The molecular weight excluding hydrogens is 286 g/mol. The van der Waals surface area contributed by atoms with Crippen LogP contribution in [0.2, 0.25) is 0 Å². The number of carboxylic acid groups (broad SMARTS) is 1. The molecule has 0 heterocycles. The number of rotatable bonds is 8. The maximum absolute atomic E-state index is 10.9. The van der Waals surface area contributed by atoms with Crippen molar-refractivity contribution in [2.75, 3.05) is 12.9 Å². The number of aliphatic imine (C=N–C) groups is 1. The molecule has 114 valence electrons. The summed E-state index contributed by atoms with van der Waals surface area (Å²) in [6.07, 6.45) is 9.66. The fraction of sp³-hybridized carbons (Fsp3) is 0.250. The number of thioether (sulfide) groups is 1. The first-order valence-corrected chi connectivity index (χ1v) is 7.58. The van der Waals surface area contributed by atoms with Crippen molar-refractivity contribution in [2.45, 2.75) is 13.8 Å². The van der Waals surface area contributed by atoms with Crippen molar-refractivity contribution in [3.05, 3.63) is 60.6 Å². The van der Waals surface area contributed by atoms with Crippen LogP contribution in [0.3, 0.4) is 0 Å². The summed E-state index contributed by atoms with van der Waals surface area (Å²) in [7, 11) is 0. The molecule has 0 fully saturated rings. The fourth-order valence-electron chi connectivity index (χ4n) is 1.29. The molecule has 0 atom stereocenters. The summed E-state index contributed by atoms with van der Waals surface area (Å²) in [6, 6.07) is 0. The van der Waals surface area contributed by atoms with Crippen LogP contribution >= 0.6 is 11.8 Å². The molecule has 0 aliphatic heterocycles. The molecular formula is C16H21NO3S. The number of allylic oxidation sites excluding steroid dienone is 4. The molecule has 0 spiro atoms. The summed E-state index contributed by atoms with van der Waals surface area (Å²) in [5, 5.41) is 9.64. The second-order valence-corrected chi connectivity index (χ2v) is 4.43. The summed E-state index contributed by atoms with van der Waals surface area (Å²) in [4.78, 5) is 15.3. The molecule has 0 radical (unpaired) electrons. The minimum Gasteiger partial charge on any atom is -0.478 e. The average molecular weight is 307 g/mol. The van der Waals surface area contributed by atoms with Crippen LogP contribution < -0.4 is 0 Å². The molecule has 0 unspecified atom stereocenters. The van der Waals surface area contributed by atoms with Gasteiger partial charge in [-0.25, -0.2) is 9.79 Å². The molecule has 0 aromatic carbocycles. The molecule has 0 aliphatic rings. The molecule has 0 aromatic rings. The summed E-state index contributed by atoms with van der Waals surface area (Å²) in [5.41, 5.74) is 0.813. The van der Waals surface area contributed by atoms with Crippen LogP contribution in [0.25, 0.3) is 0 Å². The molecule has 21 heavy (non-hydrogen) atoms. The van der Waals surface area contributed by atoms with Gasteiger partial charge in [-0.2, -0.15) is 0 Å². The van der Waals surface area contributed by atoms with Crippen molar-refractivity contribution < 1.29 is 14.6 Å². The van der Waals surface area contributed by atoms with Gasteiger partial charge in [-0.3, -0.25) is 0 Å². The topological polar surface area (TPSA) is 58.9 Å². The number of aliphatic carboxylic acids is 1. The van der Waals surface area contributed by atoms with Gasteiger partial charge in [0.1, 0.15) is 5.04 Å². The highest BCUT2D eigenvalue weighted by molar-refractivity contribution is 8.13. The maximum Gasteiger partial charge on any atom is 0.335 e. The molecule has 0 rings (SSSR count). The SMILES string of the molecule is C=C\C(=C/C=C(C=C)/C(=N/C(=C/C)OCC)SC)C(=O)O. The predicted molar refractivity (Wildman–Crippen MR) is 90.5 cm³/mol. The van der Waals surface area contributed by atoms with Crippen molar-refractivity contribution in [3.8, 4) is 0 Å². The number of nitrogens with zero attached hydrogens (tertiary/aromatic N) is 1. The summed E-state index contributed by atoms with van der Waals surface area (Å²) in [5.74, 6) is -0.517. The number of ether oxygens (including phenoxy) is 1. The second-order valence-electron chi connectivity index (χ2n) is 3.64. The fourth-order valence-corrected chi connectivity index (χ4v) is 1.86. The zero-order valence-electron chi connectivity index (χ0n) is 12.6. The van der Waals surface area contributed by atoms with Crippen molar-refractivity contribution in [1.82, 2.24) is 0 Å². The quantitative estimate of drug-likeness (QED) is 0.242. The van der Waals surface area contributed by atoms with Crippen LogP contribution in [0.5, 0.6) is 0 Å². The Morgan fingerprint density at radius 2 is 1.86 bits per heavy atom. The van der Waals surface area contributed by atoms with Gasteiger partial charge in [0.2, 0.25) is 5.88 Å². The van der Waals surface area contributed by atoms with Crippen molar-refractivity contribution >= 4 is 22.8 Å². The monoisotopic (exact) mass is 307 g/mol. The van der Waals surface area contributed by atoms with E-state index in [9.17, 15) is 4.79 Å². The largest absolute Gasteiger partial charge is 0.478 e. The smallest absolute Gasteiger partial charge is 0.335 e. The Kier molecular flexibility index (Phi) is 9.71. The van der Waals surface area contributed by atoms with E-state index in [2.05, 4.69) is 18.2 Å². The molecule has 0 saturated heterocycles. The first-order valence-electron chi connectivity index (χ1n) is 6.36. The van der Waals surface area contributed by atoms with E-state index in [1.807, 2.05) is 20.1 Å². The Morgan fingerprint density at radius 3 is 2.24 bits per heavy atom. The Hall–Kier alpha value is -2.01. The highest BCUT2D eigenvalue weighted by atomic mass is 32.2. The van der Waals surface area contributed by atoms with E-state index in [4.69, 9.17) is 9.84 Å². The van der Waals surface area contributed by atoms with Gasteiger partial charge in [-0.1, -0.05) is 31.4 Å². The van der Waals surface area contributed by atoms with Gasteiger partial charge in [0.15, 0.2) is 0 Å². The third-order valence-corrected chi connectivity index (χ3v) is 3.03. The van der Waals surface area contributed by atoms with Gasteiger partial charge in [0, 0.05) is 5.57 Å². The molecule has 0 aromatic heterocycles. The standard InChI is InChI=1S/C16H21NO3S/c1-6-12(10-11-13(7-2)16(18)19)15(21-5)17-14(8-3)20-9-4/h6-8,10-11H,1-2,9H2,3-5H3,(H,18,19)/b12-10+,13-11+,14-8-,17-15-. The first-order chi connectivity index (χ1) is 10.0. The number of hydrogen-bond donors (Lipinski definition) is 1. The van der Waals surface area contributed by atoms with E-state index in [0.29, 0.717) is 23.1 Å². The van der Waals surface area contributed by atoms with Gasteiger partial charge < -0.3 is 9.84 Å². The Bertz CT molecular complexity index is 514. The van der Waals surface area contributed by atoms with Crippen LogP contribution in [0.4, 0.5) is 0 Å². The van der Waals surface area contributed by atoms with E-state index < -0.39 is 5.97 Å². The number of carbonyl (C=O) groups is 1. The van der Waals surface area contributed by atoms with Gasteiger partial charge in [-0.05, 0) is 32.3 Å². The number of carboxylic acids is 1. The lowest BCUT2D eigenvalue weighted by Gasteiger charge is -2.07. The zero-order valence-corrected chi connectivity index (χ0v) is 13.4. The molecule has 0 saturated carbocycles. The minimum absolute atomic E-state index is 0.103. The highest BCUT2D eigenvalue weighted by Crippen LogP contribution is 2.15. The Labute approximate surface area is 130 Å². The predicted octanol–water partition coefficient (Wildman–Crippen LogP) is 3.96. The Morgan fingerprint density at radius 1 is 1.29 bits per heavy atom. The lowest BCUT2D eigenvalue weighted by atomic mass is 10.2. The molecule has 1 N–H and O–H groups in total. The van der Waals surface area contributed by atoms with Gasteiger partial charge in [0.05, 0.1) is 12.2 Å². The minimum atomic E-state index is -1.03. The lowest BCUT2D eigenvalue weighted by molar-refractivity contribution is -0.132. The van der Waals surface area contributed by atoms with E-state index in [0.717, 1.165) is 0 Å². The Balaban J connectivity index is 5.58. The van der Waals surface area contributed by atoms with Crippen molar-refractivity contribution in [3.63, 3.8) is 0 Å². The molecule has 5 heteroatoms. The van der Waals surface area contributed by atoms with E-state index in [1.165, 1.54) is 23.9 Å². The number of hydrogen-bond acceptors (Lipinski definition) is 4. The maximum atomic E-state index is 10.9. The van der Waals surface area contributed by atoms with Crippen molar-refractivity contribution in [2.24, 2.45) is 4.99 Å². The third-order valence-electron chi connectivity index (χ3n) is 2.32. The molecule has 4 nitrogen and oxygen atoms in total. The van der Waals surface area contributed by atoms with Gasteiger partial charge in [-0.15, -0.1) is 11.8 Å². The van der Waals surface area contributed by atoms with E-state index in [1.54, 1.807) is 18.2 Å². The van der Waals surface area contributed by atoms with Crippen LogP contribution in [-0.4, -0.2) is 29.0 Å². The van der Waals surface area contributed by atoms with Crippen LogP contribution in [0.1, 0.15) is 13.8 Å². The second kappa shape index (κ2) is 10.7. The van der Waals surface area contributed by atoms with Crippen LogP contribution in [-0.2, 0) is 9.53 Å². The molecule has 0 aliphatic carbocycles. The summed E-state index contributed by atoms with van der Waals surface area (Å²) in [6.45, 7) is 11.4.